The van der Waals surface area contributed by atoms with Crippen LogP contribution in [-0.4, -0.2) is 56.4 Å². The first-order chi connectivity index (χ1) is 10.7. The summed E-state index contributed by atoms with van der Waals surface area (Å²) in [6.07, 6.45) is -0.529. The highest BCUT2D eigenvalue weighted by Gasteiger charge is 2.55. The van der Waals surface area contributed by atoms with E-state index >= 15 is 0 Å². The molecular formula is C17H27N2O5. The Kier molecular flexibility index (Phi) is 4.26. The molecule has 0 fully saturated rings. The van der Waals surface area contributed by atoms with E-state index in [4.69, 9.17) is 4.74 Å². The van der Waals surface area contributed by atoms with E-state index in [0.29, 0.717) is 0 Å². The van der Waals surface area contributed by atoms with Crippen LogP contribution in [0.1, 0.15) is 54.9 Å². The molecule has 7 heteroatoms. The van der Waals surface area contributed by atoms with Crippen molar-refractivity contribution in [3.05, 3.63) is 11.1 Å². The molecule has 0 spiro atoms. The number of aliphatic carboxylic acids is 1. The number of carboxylic acids is 1. The molecule has 1 radical (unpaired) electrons. The third kappa shape index (κ3) is 2.91. The van der Waals surface area contributed by atoms with Gasteiger partial charge in [0.15, 0.2) is 0 Å². The Morgan fingerprint density at radius 2 is 1.62 bits per heavy atom. The molecule has 0 aliphatic carbocycles. The average molecular weight is 339 g/mol. The van der Waals surface area contributed by atoms with Gasteiger partial charge >= 0.3 is 12.1 Å². The van der Waals surface area contributed by atoms with E-state index in [9.17, 15) is 19.9 Å². The molecule has 0 bridgehead atoms. The predicted molar refractivity (Wildman–Crippen MR) is 86.7 cm³/mol. The van der Waals surface area contributed by atoms with E-state index in [-0.39, 0.29) is 13.0 Å². The lowest BCUT2D eigenvalue weighted by Gasteiger charge is -2.38. The zero-order valence-corrected chi connectivity index (χ0v) is 15.5. The maximum Gasteiger partial charge on any atom is 0.411 e. The van der Waals surface area contributed by atoms with Gasteiger partial charge in [0.05, 0.1) is 11.1 Å². The van der Waals surface area contributed by atoms with E-state index in [0.717, 1.165) is 16.2 Å². The van der Waals surface area contributed by atoms with Crippen LogP contribution in [0.25, 0.3) is 0 Å². The van der Waals surface area contributed by atoms with Crippen LogP contribution in [0.2, 0.25) is 0 Å². The molecule has 1 N–H and O–H groups in total. The predicted octanol–water partition coefficient (Wildman–Crippen LogP) is 2.60. The SMILES string of the molecule is CC(C)(C)OC(=O)N1CC2=C(CC1C(=O)O)C(C)(C)N([O])C2(C)C. The van der Waals surface area contributed by atoms with E-state index in [2.05, 4.69) is 0 Å². The number of carbonyl (C=O) groups is 2. The molecule has 1 amide bonds. The summed E-state index contributed by atoms with van der Waals surface area (Å²) in [6.45, 7) is 12.5. The summed E-state index contributed by atoms with van der Waals surface area (Å²) in [5.74, 6) is -1.09. The van der Waals surface area contributed by atoms with E-state index in [1.807, 2.05) is 0 Å². The van der Waals surface area contributed by atoms with Crippen LogP contribution >= 0.6 is 0 Å². The fourth-order valence-corrected chi connectivity index (χ4v) is 3.66. The van der Waals surface area contributed by atoms with Crippen LogP contribution < -0.4 is 0 Å². The molecule has 0 saturated carbocycles. The third-order valence-electron chi connectivity index (χ3n) is 4.87. The number of amides is 1. The largest absolute Gasteiger partial charge is 0.480 e. The van der Waals surface area contributed by atoms with E-state index in [1.54, 1.807) is 48.5 Å². The number of carbonyl (C=O) groups excluding carboxylic acids is 1. The van der Waals surface area contributed by atoms with Crippen molar-refractivity contribution in [2.24, 2.45) is 0 Å². The van der Waals surface area contributed by atoms with Crippen molar-refractivity contribution in [3.8, 4) is 0 Å². The summed E-state index contributed by atoms with van der Waals surface area (Å²) in [6, 6.07) is -1.03. The molecular weight excluding hydrogens is 312 g/mol. The maximum absolute atomic E-state index is 12.7. The molecule has 2 rings (SSSR count). The van der Waals surface area contributed by atoms with Gasteiger partial charge in [-0.1, -0.05) is 0 Å². The van der Waals surface area contributed by atoms with Gasteiger partial charge in [0.2, 0.25) is 0 Å². The van der Waals surface area contributed by atoms with Gasteiger partial charge < -0.3 is 9.84 Å². The van der Waals surface area contributed by atoms with Crippen LogP contribution in [0.4, 0.5) is 4.79 Å². The minimum Gasteiger partial charge on any atom is -0.480 e. The van der Waals surface area contributed by atoms with Gasteiger partial charge in [0.1, 0.15) is 11.6 Å². The second-order valence-electron chi connectivity index (χ2n) is 8.54. The first kappa shape index (κ1) is 18.7. The summed E-state index contributed by atoms with van der Waals surface area (Å²) in [4.78, 5) is 25.4. The Morgan fingerprint density at radius 3 is 2.08 bits per heavy atom. The fourth-order valence-electron chi connectivity index (χ4n) is 3.66. The Morgan fingerprint density at radius 1 is 1.12 bits per heavy atom. The molecule has 0 saturated heterocycles. The molecule has 0 aromatic heterocycles. The van der Waals surface area contributed by atoms with Crippen LogP contribution in [-0.2, 0) is 14.7 Å². The molecule has 2 aliphatic rings. The van der Waals surface area contributed by atoms with Gasteiger partial charge in [-0.25, -0.2) is 9.59 Å². The highest BCUT2D eigenvalue weighted by atomic mass is 16.6. The smallest absolute Gasteiger partial charge is 0.411 e. The molecule has 0 aromatic carbocycles. The maximum atomic E-state index is 12.7. The van der Waals surface area contributed by atoms with Crippen LogP contribution in [0.15, 0.2) is 11.1 Å². The normalized spacial score (nSPS) is 26.3. The van der Waals surface area contributed by atoms with Gasteiger partial charge in [0, 0.05) is 13.0 Å². The summed E-state index contributed by atoms with van der Waals surface area (Å²) >= 11 is 0. The zero-order valence-electron chi connectivity index (χ0n) is 15.5. The number of nitrogens with zero attached hydrogens (tertiary/aromatic N) is 2. The van der Waals surface area contributed by atoms with Gasteiger partial charge in [-0.3, -0.25) is 4.90 Å². The Labute approximate surface area is 142 Å². The van der Waals surface area contributed by atoms with Gasteiger partial charge in [-0.05, 0) is 59.6 Å². The quantitative estimate of drug-likeness (QED) is 0.742. The Hall–Kier alpha value is -1.60. The second-order valence-corrected chi connectivity index (χ2v) is 8.54. The molecule has 0 aromatic rings. The van der Waals surface area contributed by atoms with Gasteiger partial charge in [0.25, 0.3) is 0 Å². The first-order valence-corrected chi connectivity index (χ1v) is 8.12. The summed E-state index contributed by atoms with van der Waals surface area (Å²) in [7, 11) is 0. The molecule has 2 aliphatic heterocycles. The fraction of sp³-hybridized carbons (Fsp3) is 0.765. The first-order valence-electron chi connectivity index (χ1n) is 8.12. The van der Waals surface area contributed by atoms with Crippen LogP contribution in [0.5, 0.6) is 0 Å². The van der Waals surface area contributed by atoms with Crippen molar-refractivity contribution >= 4 is 12.1 Å². The number of rotatable bonds is 1. The number of carboxylic acid groups (broad SMARTS) is 1. The third-order valence-corrected chi connectivity index (χ3v) is 4.87. The van der Waals surface area contributed by atoms with Gasteiger partial charge in [-0.15, -0.1) is 10.3 Å². The van der Waals surface area contributed by atoms with Crippen molar-refractivity contribution in [1.82, 2.24) is 9.96 Å². The molecule has 1 atom stereocenters. The molecule has 2 heterocycles. The highest BCUT2D eigenvalue weighted by Crippen LogP contribution is 2.48. The minimum absolute atomic E-state index is 0.0936. The van der Waals surface area contributed by atoms with Crippen molar-refractivity contribution < 1.29 is 24.6 Å². The highest BCUT2D eigenvalue weighted by molar-refractivity contribution is 5.82. The number of hydrogen-bond acceptors (Lipinski definition) is 4. The topological polar surface area (TPSA) is 90.0 Å². The van der Waals surface area contributed by atoms with Crippen LogP contribution in [0.3, 0.4) is 0 Å². The number of hydrogen-bond donors (Lipinski definition) is 1. The number of ether oxygens (including phenoxy) is 1. The molecule has 24 heavy (non-hydrogen) atoms. The van der Waals surface area contributed by atoms with Crippen molar-refractivity contribution in [3.63, 3.8) is 0 Å². The van der Waals surface area contributed by atoms with E-state index < -0.39 is 34.8 Å². The lowest BCUT2D eigenvalue weighted by atomic mass is 9.83. The van der Waals surface area contributed by atoms with Gasteiger partial charge in [-0.2, -0.15) is 0 Å². The van der Waals surface area contributed by atoms with Crippen LogP contribution in [0, 0.1) is 0 Å². The minimum atomic E-state index is -1.09. The molecule has 1 unspecified atom stereocenters. The zero-order chi connectivity index (χ0) is 18.7. The standard InChI is InChI=1S/C17H27N2O5/c1-15(2,3)24-14(22)18-9-11-10(8-12(18)13(20)21)16(4,5)19(23)17(11,6)7/h12H,8-9H2,1-7H3,(H,20,21). The second kappa shape index (κ2) is 5.46. The lowest BCUT2D eigenvalue weighted by molar-refractivity contribution is -0.240. The molecule has 135 valence electrons. The van der Waals surface area contributed by atoms with Crippen molar-refractivity contribution in [2.45, 2.75) is 77.6 Å². The van der Waals surface area contributed by atoms with Crippen molar-refractivity contribution in [1.29, 1.82) is 0 Å². The molecule has 7 nitrogen and oxygen atoms in total. The lowest BCUT2D eigenvalue weighted by Crippen LogP contribution is -2.52. The monoisotopic (exact) mass is 339 g/mol. The summed E-state index contributed by atoms with van der Waals surface area (Å²) in [5.41, 5.74) is -0.667. The summed E-state index contributed by atoms with van der Waals surface area (Å²) in [5, 5.41) is 23.3. The number of hydroxylamine groups is 2. The van der Waals surface area contributed by atoms with E-state index in [1.165, 1.54) is 4.90 Å². The van der Waals surface area contributed by atoms with Crippen molar-refractivity contribution in [2.75, 3.05) is 6.54 Å². The summed E-state index contributed by atoms with van der Waals surface area (Å²) < 4.78 is 5.36. The Balaban J connectivity index is 2.43. The Bertz CT molecular complexity index is 601. The average Bonchev–Trinajstić information content (AvgIpc) is 2.54.